The van der Waals surface area contributed by atoms with Gasteiger partial charge in [0.2, 0.25) is 17.7 Å². The van der Waals surface area contributed by atoms with Crippen LogP contribution in [0, 0.1) is 5.92 Å². The summed E-state index contributed by atoms with van der Waals surface area (Å²) in [7, 11) is 0. The third-order valence-electron chi connectivity index (χ3n) is 5.19. The van der Waals surface area contributed by atoms with Gasteiger partial charge in [0.25, 0.3) is 0 Å². The topological polar surface area (TPSA) is 86.5 Å². The number of amides is 1. The summed E-state index contributed by atoms with van der Waals surface area (Å²) >= 11 is 0. The van der Waals surface area contributed by atoms with Gasteiger partial charge in [-0.15, -0.1) is 0 Å². The summed E-state index contributed by atoms with van der Waals surface area (Å²) in [5.41, 5.74) is 0.340. The molecule has 0 spiro atoms. The predicted molar refractivity (Wildman–Crippen MR) is 110 cm³/mol. The Hall–Kier alpha value is -3.04. The van der Waals surface area contributed by atoms with Crippen LogP contribution >= 0.6 is 0 Å². The Morgan fingerprint density at radius 3 is 2.78 bits per heavy atom. The first-order valence-electron chi connectivity index (χ1n) is 10.5. The Morgan fingerprint density at radius 2 is 2.09 bits per heavy atom. The van der Waals surface area contributed by atoms with Gasteiger partial charge in [-0.1, -0.05) is 0 Å². The van der Waals surface area contributed by atoms with Crippen molar-refractivity contribution in [3.05, 3.63) is 35.6 Å². The van der Waals surface area contributed by atoms with Gasteiger partial charge in [0.1, 0.15) is 17.9 Å². The summed E-state index contributed by atoms with van der Waals surface area (Å²) < 4.78 is 57.6. The Balaban J connectivity index is 1.52. The molecule has 0 unspecified atom stereocenters. The standard InChI is InChI=1S/C22H24F3N3O4/c1-12(27-13(2)29)10-31-20-8-19-17(9-26-20)28-21(32-19)15-5-6-18(30-11-14-3-4-14)16(7-15)22(23,24)25/h7-9,12,14H,3-6,10-11H2,1-2H3,(H,27,29)/t12-/m0/s1. The van der Waals surface area contributed by atoms with E-state index < -0.39 is 11.7 Å². The van der Waals surface area contributed by atoms with E-state index in [-0.39, 0.29) is 42.5 Å². The number of nitrogens with one attached hydrogen (secondary N) is 1. The third-order valence-corrected chi connectivity index (χ3v) is 5.19. The minimum absolute atomic E-state index is 0.0186. The van der Waals surface area contributed by atoms with Crippen LogP contribution in [0.1, 0.15) is 45.4 Å². The van der Waals surface area contributed by atoms with Crippen molar-refractivity contribution in [3.8, 4) is 5.88 Å². The van der Waals surface area contributed by atoms with E-state index in [0.717, 1.165) is 18.9 Å². The number of rotatable bonds is 8. The van der Waals surface area contributed by atoms with E-state index >= 15 is 0 Å². The van der Waals surface area contributed by atoms with Gasteiger partial charge in [0.15, 0.2) is 5.58 Å². The zero-order valence-corrected chi connectivity index (χ0v) is 17.8. The quantitative estimate of drug-likeness (QED) is 0.634. The molecule has 2 aliphatic rings. The van der Waals surface area contributed by atoms with E-state index in [0.29, 0.717) is 35.6 Å². The first-order valence-corrected chi connectivity index (χ1v) is 10.5. The second-order valence-electron chi connectivity index (χ2n) is 8.18. The Labute approximate surface area is 182 Å². The smallest absolute Gasteiger partial charge is 0.419 e. The fraction of sp³-hybridized carbons (Fsp3) is 0.500. The molecular formula is C22H24F3N3O4. The van der Waals surface area contributed by atoms with Gasteiger partial charge in [0.05, 0.1) is 24.4 Å². The lowest BCUT2D eigenvalue weighted by Gasteiger charge is -2.21. The number of alkyl halides is 3. The van der Waals surface area contributed by atoms with Crippen molar-refractivity contribution < 1.29 is 31.9 Å². The number of carbonyl (C=O) groups excluding carboxylic acids is 1. The molecule has 172 valence electrons. The first kappa shape index (κ1) is 22.2. The van der Waals surface area contributed by atoms with Crippen molar-refractivity contribution in [1.82, 2.24) is 15.3 Å². The van der Waals surface area contributed by atoms with Crippen molar-refractivity contribution in [1.29, 1.82) is 0 Å². The lowest BCUT2D eigenvalue weighted by molar-refractivity contribution is -0.119. The minimum atomic E-state index is -4.52. The number of fused-ring (bicyclic) bond motifs is 1. The summed E-state index contributed by atoms with van der Waals surface area (Å²) in [6.07, 6.45) is 0.459. The number of aromatic nitrogens is 2. The number of pyridine rings is 1. The molecule has 2 aliphatic carbocycles. The van der Waals surface area contributed by atoms with Crippen molar-refractivity contribution >= 4 is 22.6 Å². The van der Waals surface area contributed by atoms with Crippen LogP contribution in [0.2, 0.25) is 0 Å². The van der Waals surface area contributed by atoms with E-state index in [4.69, 9.17) is 13.9 Å². The van der Waals surface area contributed by atoms with Gasteiger partial charge in [-0.2, -0.15) is 13.2 Å². The predicted octanol–water partition coefficient (Wildman–Crippen LogP) is 4.55. The summed E-state index contributed by atoms with van der Waals surface area (Å²) in [5.74, 6) is 0.563. The highest BCUT2D eigenvalue weighted by Gasteiger charge is 2.39. The molecular weight excluding hydrogens is 427 g/mol. The van der Waals surface area contributed by atoms with Gasteiger partial charge in [0, 0.05) is 25.0 Å². The second kappa shape index (κ2) is 8.84. The molecule has 10 heteroatoms. The van der Waals surface area contributed by atoms with Crippen LogP contribution in [0.15, 0.2) is 34.1 Å². The Morgan fingerprint density at radius 1 is 1.31 bits per heavy atom. The highest BCUT2D eigenvalue weighted by Crippen LogP contribution is 2.40. The summed E-state index contributed by atoms with van der Waals surface area (Å²) in [5, 5.41) is 2.69. The SMILES string of the molecule is CC(=O)N[C@@H](C)COc1cc2oc(C3=CC(C(F)(F)F)=C(OCC4CC4)CC3)nc2cn1. The Bertz CT molecular complexity index is 1070. The fourth-order valence-electron chi connectivity index (χ4n) is 3.40. The van der Waals surface area contributed by atoms with Crippen LogP contribution in [0.4, 0.5) is 13.2 Å². The Kier molecular flexibility index (Phi) is 6.12. The van der Waals surface area contributed by atoms with Gasteiger partial charge in [-0.25, -0.2) is 9.97 Å². The molecule has 2 aromatic rings. The van der Waals surface area contributed by atoms with E-state index in [1.807, 2.05) is 0 Å². The second-order valence-corrected chi connectivity index (χ2v) is 8.18. The molecule has 4 rings (SSSR count). The van der Waals surface area contributed by atoms with Crippen LogP contribution in [-0.4, -0.2) is 41.3 Å². The molecule has 1 atom stereocenters. The lowest BCUT2D eigenvalue weighted by Crippen LogP contribution is -2.35. The number of halogens is 3. The molecule has 1 amide bonds. The number of ether oxygens (including phenoxy) is 2. The zero-order chi connectivity index (χ0) is 22.9. The number of hydrogen-bond acceptors (Lipinski definition) is 6. The average Bonchev–Trinajstić information content (AvgIpc) is 3.46. The number of hydrogen-bond donors (Lipinski definition) is 1. The largest absolute Gasteiger partial charge is 0.497 e. The van der Waals surface area contributed by atoms with Crippen molar-refractivity contribution in [2.45, 2.75) is 51.7 Å². The highest BCUT2D eigenvalue weighted by molar-refractivity contribution is 5.77. The van der Waals surface area contributed by atoms with Crippen LogP contribution in [-0.2, 0) is 9.53 Å². The average molecular weight is 451 g/mol. The number of nitrogens with zero attached hydrogens (tertiary/aromatic N) is 2. The van der Waals surface area contributed by atoms with Gasteiger partial charge in [-0.05, 0) is 38.2 Å². The van der Waals surface area contributed by atoms with E-state index in [2.05, 4.69) is 15.3 Å². The minimum Gasteiger partial charge on any atom is -0.497 e. The molecule has 0 aromatic carbocycles. The molecule has 7 nitrogen and oxygen atoms in total. The van der Waals surface area contributed by atoms with Crippen molar-refractivity contribution in [2.24, 2.45) is 5.92 Å². The van der Waals surface area contributed by atoms with Crippen LogP contribution in [0.5, 0.6) is 5.88 Å². The number of oxazole rings is 1. The van der Waals surface area contributed by atoms with Crippen LogP contribution < -0.4 is 10.1 Å². The molecule has 2 aromatic heterocycles. The molecule has 0 bridgehead atoms. The van der Waals surface area contributed by atoms with Crippen molar-refractivity contribution in [2.75, 3.05) is 13.2 Å². The lowest BCUT2D eigenvalue weighted by atomic mass is 9.97. The maximum Gasteiger partial charge on any atom is 0.419 e. The third kappa shape index (κ3) is 5.41. The molecule has 0 radical (unpaired) electrons. The maximum atomic E-state index is 13.6. The molecule has 0 aliphatic heterocycles. The molecule has 2 heterocycles. The first-order chi connectivity index (χ1) is 15.2. The fourth-order valence-corrected chi connectivity index (χ4v) is 3.40. The van der Waals surface area contributed by atoms with Crippen molar-refractivity contribution in [3.63, 3.8) is 0 Å². The maximum absolute atomic E-state index is 13.6. The monoisotopic (exact) mass is 451 g/mol. The normalized spacial score (nSPS) is 17.8. The highest BCUT2D eigenvalue weighted by atomic mass is 19.4. The molecule has 1 N–H and O–H groups in total. The summed E-state index contributed by atoms with van der Waals surface area (Å²) in [6.45, 7) is 3.73. The number of carbonyl (C=O) groups is 1. The van der Waals surface area contributed by atoms with E-state index in [9.17, 15) is 18.0 Å². The van der Waals surface area contributed by atoms with Gasteiger partial charge >= 0.3 is 6.18 Å². The molecule has 1 fully saturated rings. The number of allylic oxidation sites excluding steroid dienone is 4. The van der Waals surface area contributed by atoms with Crippen LogP contribution in [0.3, 0.4) is 0 Å². The summed E-state index contributed by atoms with van der Waals surface area (Å²) in [4.78, 5) is 19.5. The van der Waals surface area contributed by atoms with Gasteiger partial charge < -0.3 is 19.2 Å². The summed E-state index contributed by atoms with van der Waals surface area (Å²) in [6, 6.07) is 1.31. The molecule has 1 saturated carbocycles. The molecule has 32 heavy (non-hydrogen) atoms. The van der Waals surface area contributed by atoms with E-state index in [1.165, 1.54) is 19.2 Å². The zero-order valence-electron chi connectivity index (χ0n) is 17.8. The van der Waals surface area contributed by atoms with Gasteiger partial charge in [-0.3, -0.25) is 4.79 Å². The van der Waals surface area contributed by atoms with Crippen LogP contribution in [0.25, 0.3) is 16.7 Å². The van der Waals surface area contributed by atoms with E-state index in [1.54, 1.807) is 6.92 Å². The molecule has 0 saturated heterocycles.